The molecule has 2 saturated carbocycles. The van der Waals surface area contributed by atoms with Gasteiger partial charge in [-0.2, -0.15) is 17.9 Å². The lowest BCUT2D eigenvalue weighted by molar-refractivity contribution is -0.140. The number of carbonyl (C=O) groups excluding carboxylic acids is 2. The van der Waals surface area contributed by atoms with Gasteiger partial charge in [0.1, 0.15) is 17.9 Å². The van der Waals surface area contributed by atoms with Crippen LogP contribution in [0.4, 0.5) is 0 Å². The zero-order valence-corrected chi connectivity index (χ0v) is 23.7. The fourth-order valence-corrected chi connectivity index (χ4v) is 8.15. The van der Waals surface area contributed by atoms with Crippen molar-refractivity contribution < 1.29 is 18.0 Å². The number of amidine groups is 1. The van der Waals surface area contributed by atoms with Crippen molar-refractivity contribution in [2.75, 3.05) is 6.54 Å². The molecular formula is C26H42N6O4S2. The molecule has 10 nitrogen and oxygen atoms in total. The van der Waals surface area contributed by atoms with Crippen LogP contribution in [0, 0.1) is 11.3 Å². The molecule has 0 radical (unpaired) electrons. The molecule has 3 fully saturated rings. The van der Waals surface area contributed by atoms with E-state index in [1.165, 1.54) is 17.8 Å². The van der Waals surface area contributed by atoms with Gasteiger partial charge >= 0.3 is 0 Å². The highest BCUT2D eigenvalue weighted by Crippen LogP contribution is 2.29. The number of nitrogens with one attached hydrogen (secondary N) is 4. The van der Waals surface area contributed by atoms with Gasteiger partial charge in [-0.25, -0.2) is 0 Å². The summed E-state index contributed by atoms with van der Waals surface area (Å²) in [6.45, 7) is 0.724. The van der Waals surface area contributed by atoms with Gasteiger partial charge in [0, 0.05) is 17.5 Å². The summed E-state index contributed by atoms with van der Waals surface area (Å²) < 4.78 is 31.7. The molecule has 212 valence electrons. The highest BCUT2D eigenvalue weighted by atomic mass is 32.2. The molecule has 38 heavy (non-hydrogen) atoms. The quantitative estimate of drug-likeness (QED) is 0.206. The topological polar surface area (TPSA) is 157 Å². The summed E-state index contributed by atoms with van der Waals surface area (Å²) in [5.74, 6) is -0.269. The van der Waals surface area contributed by atoms with Gasteiger partial charge in [-0.05, 0) is 50.2 Å². The third-order valence-electron chi connectivity index (χ3n) is 8.02. The average molecular weight is 567 g/mol. The summed E-state index contributed by atoms with van der Waals surface area (Å²) in [5.41, 5.74) is 5.53. The monoisotopic (exact) mass is 566 g/mol. The molecule has 1 saturated heterocycles. The first-order valence-corrected chi connectivity index (χ1v) is 16.3. The van der Waals surface area contributed by atoms with Crippen LogP contribution in [0.5, 0.6) is 0 Å². The van der Waals surface area contributed by atoms with Crippen LogP contribution in [0.3, 0.4) is 0 Å². The van der Waals surface area contributed by atoms with Crippen molar-refractivity contribution in [2.45, 2.75) is 108 Å². The average Bonchev–Trinajstić information content (AvgIpc) is 3.58. The van der Waals surface area contributed by atoms with Crippen molar-refractivity contribution >= 4 is 39.2 Å². The summed E-state index contributed by atoms with van der Waals surface area (Å²) >= 11 is 1.35. The molecule has 0 unspecified atom stereocenters. The number of amides is 2. The molecule has 12 heteroatoms. The van der Waals surface area contributed by atoms with Crippen molar-refractivity contribution in [3.8, 4) is 0 Å². The molecule has 1 aromatic heterocycles. The van der Waals surface area contributed by atoms with Gasteiger partial charge in [0.25, 0.3) is 10.2 Å². The van der Waals surface area contributed by atoms with Gasteiger partial charge in [-0.15, -0.1) is 11.3 Å². The number of nitrogens with zero attached hydrogens (tertiary/aromatic N) is 1. The summed E-state index contributed by atoms with van der Waals surface area (Å²) in [6.07, 6.45) is 11.8. The fourth-order valence-electron chi connectivity index (χ4n) is 6.03. The molecule has 0 bridgehead atoms. The minimum Gasteiger partial charge on any atom is -0.383 e. The Labute approximate surface area is 230 Å². The fraction of sp³-hybridized carbons (Fsp3) is 0.731. The summed E-state index contributed by atoms with van der Waals surface area (Å²) in [4.78, 5) is 30.0. The van der Waals surface area contributed by atoms with Crippen LogP contribution in [0.15, 0.2) is 12.1 Å². The second-order valence-corrected chi connectivity index (χ2v) is 13.6. The second-order valence-electron chi connectivity index (χ2n) is 11.0. The van der Waals surface area contributed by atoms with Crippen molar-refractivity contribution in [1.82, 2.24) is 19.7 Å². The standard InChI is InChI=1S/C26H42N6O4S2/c27-24(28)23-14-13-20(37-23)17-29-25(33)22-12-7-15-32(22)26(34)21(16-18-8-3-1-4-9-18)31-38(35,36)30-19-10-5-2-6-11-19/h13-14,18-19,21-22,30-31H,1-12,15-17H2,(H3,27,28)(H,29,33)/t21-,22+/m1/s1. The van der Waals surface area contributed by atoms with E-state index in [-0.39, 0.29) is 23.7 Å². The number of nitrogens with two attached hydrogens (primary N) is 1. The van der Waals surface area contributed by atoms with Crippen LogP contribution >= 0.6 is 11.3 Å². The molecule has 3 aliphatic rings. The van der Waals surface area contributed by atoms with Crippen LogP contribution in [-0.2, 0) is 26.3 Å². The Morgan fingerprint density at radius 2 is 1.71 bits per heavy atom. The van der Waals surface area contributed by atoms with Gasteiger partial charge in [0.15, 0.2) is 0 Å². The molecule has 0 spiro atoms. The van der Waals surface area contributed by atoms with Crippen LogP contribution < -0.4 is 20.5 Å². The van der Waals surface area contributed by atoms with Gasteiger partial charge in [0.05, 0.1) is 11.4 Å². The molecule has 2 amide bonds. The van der Waals surface area contributed by atoms with E-state index < -0.39 is 22.3 Å². The number of hydrogen-bond donors (Lipinski definition) is 5. The number of nitrogen functional groups attached to an aromatic ring is 1. The third-order valence-corrected chi connectivity index (χ3v) is 10.4. The molecule has 0 aromatic carbocycles. The van der Waals surface area contributed by atoms with E-state index in [0.29, 0.717) is 43.1 Å². The van der Waals surface area contributed by atoms with Gasteiger partial charge in [-0.1, -0.05) is 51.4 Å². The first-order valence-electron chi connectivity index (χ1n) is 14.0. The SMILES string of the molecule is N=C(N)c1ccc(CNC(=O)[C@@H]2CCCN2C(=O)[C@@H](CC2CCCCC2)NS(=O)(=O)NC2CCCCC2)s1. The summed E-state index contributed by atoms with van der Waals surface area (Å²) in [6, 6.07) is 1.97. The Morgan fingerprint density at radius 1 is 1.03 bits per heavy atom. The van der Waals surface area contributed by atoms with E-state index >= 15 is 0 Å². The van der Waals surface area contributed by atoms with Gasteiger partial charge in [0.2, 0.25) is 11.8 Å². The van der Waals surface area contributed by atoms with Gasteiger partial charge in [-0.3, -0.25) is 15.0 Å². The summed E-state index contributed by atoms with van der Waals surface area (Å²) in [5, 5.41) is 10.5. The van der Waals surface area contributed by atoms with E-state index in [1.807, 2.05) is 6.07 Å². The third kappa shape index (κ3) is 8.00. The lowest BCUT2D eigenvalue weighted by Gasteiger charge is -2.32. The zero-order chi connectivity index (χ0) is 27.1. The second kappa shape index (κ2) is 13.4. The van der Waals surface area contributed by atoms with Crippen molar-refractivity contribution in [2.24, 2.45) is 11.7 Å². The molecule has 4 rings (SSSR count). The maximum Gasteiger partial charge on any atom is 0.277 e. The van der Waals surface area contributed by atoms with E-state index in [2.05, 4.69) is 14.8 Å². The van der Waals surface area contributed by atoms with E-state index in [4.69, 9.17) is 11.1 Å². The van der Waals surface area contributed by atoms with Crippen LogP contribution in [0.2, 0.25) is 0 Å². The normalized spacial score (nSPS) is 22.3. The molecular weight excluding hydrogens is 524 g/mol. The predicted molar refractivity (Wildman–Crippen MR) is 149 cm³/mol. The zero-order valence-electron chi connectivity index (χ0n) is 22.0. The predicted octanol–water partition coefficient (Wildman–Crippen LogP) is 2.74. The molecule has 1 aliphatic heterocycles. The lowest BCUT2D eigenvalue weighted by Crippen LogP contribution is -2.56. The highest BCUT2D eigenvalue weighted by Gasteiger charge is 2.39. The smallest absolute Gasteiger partial charge is 0.277 e. The van der Waals surface area contributed by atoms with Crippen LogP contribution in [-0.4, -0.2) is 55.6 Å². The number of rotatable bonds is 11. The molecule has 6 N–H and O–H groups in total. The first kappa shape index (κ1) is 29.0. The number of hydrogen-bond acceptors (Lipinski definition) is 6. The Morgan fingerprint density at radius 3 is 2.37 bits per heavy atom. The summed E-state index contributed by atoms with van der Waals surface area (Å²) in [7, 11) is -3.87. The Balaban J connectivity index is 1.42. The minimum atomic E-state index is -3.87. The van der Waals surface area contributed by atoms with E-state index in [0.717, 1.165) is 62.7 Å². The highest BCUT2D eigenvalue weighted by molar-refractivity contribution is 7.87. The first-order chi connectivity index (χ1) is 18.2. The maximum atomic E-state index is 13.8. The van der Waals surface area contributed by atoms with Crippen LogP contribution in [0.25, 0.3) is 0 Å². The van der Waals surface area contributed by atoms with Crippen molar-refractivity contribution in [3.05, 3.63) is 21.9 Å². The molecule has 2 atom stereocenters. The molecule has 1 aromatic rings. The van der Waals surface area contributed by atoms with E-state index in [1.54, 1.807) is 11.0 Å². The maximum absolute atomic E-state index is 13.8. The number of carbonyl (C=O) groups is 2. The number of thiophene rings is 1. The number of likely N-dealkylation sites (tertiary alicyclic amines) is 1. The Hall–Kier alpha value is -2.02. The van der Waals surface area contributed by atoms with Crippen molar-refractivity contribution in [1.29, 1.82) is 5.41 Å². The van der Waals surface area contributed by atoms with Crippen molar-refractivity contribution in [3.63, 3.8) is 0 Å². The molecule has 2 aliphatic carbocycles. The lowest BCUT2D eigenvalue weighted by atomic mass is 9.84. The minimum absolute atomic E-state index is 0.00965. The van der Waals surface area contributed by atoms with Gasteiger partial charge < -0.3 is 16.0 Å². The van der Waals surface area contributed by atoms with Crippen LogP contribution in [0.1, 0.15) is 93.2 Å². The Bertz CT molecular complexity index is 1080. The Kier molecular flexibility index (Phi) is 10.2. The van der Waals surface area contributed by atoms with E-state index in [9.17, 15) is 18.0 Å². The molecule has 2 heterocycles. The largest absolute Gasteiger partial charge is 0.383 e.